The highest BCUT2D eigenvalue weighted by molar-refractivity contribution is 5.94. The van der Waals surface area contributed by atoms with Crippen molar-refractivity contribution in [3.8, 4) is 0 Å². The smallest absolute Gasteiger partial charge is 0.326 e. The Labute approximate surface area is 165 Å². The summed E-state index contributed by atoms with van der Waals surface area (Å²) in [6.45, 7) is 5.73. The Morgan fingerprint density at radius 2 is 1.64 bits per heavy atom. The molecule has 2 amide bonds. The third-order valence-corrected chi connectivity index (χ3v) is 6.58. The van der Waals surface area contributed by atoms with Gasteiger partial charge in [0.2, 0.25) is 5.91 Å². The van der Waals surface area contributed by atoms with Crippen LogP contribution in [0.3, 0.4) is 0 Å². The van der Waals surface area contributed by atoms with Crippen LogP contribution in [0.2, 0.25) is 0 Å². The van der Waals surface area contributed by atoms with Crippen molar-refractivity contribution in [1.29, 1.82) is 0 Å². The Bertz CT molecular complexity index is 802. The number of nitrogens with zero attached hydrogens (tertiary/aromatic N) is 2. The minimum atomic E-state index is -0.903. The Morgan fingerprint density at radius 3 is 2.18 bits per heavy atom. The summed E-state index contributed by atoms with van der Waals surface area (Å²) in [5, 5.41) is 9.63. The second kappa shape index (κ2) is 6.90. The van der Waals surface area contributed by atoms with Gasteiger partial charge in [0.15, 0.2) is 0 Å². The molecule has 1 N–H and O–H groups in total. The average molecular weight is 384 g/mol. The van der Waals surface area contributed by atoms with Crippen LogP contribution in [0.5, 0.6) is 0 Å². The summed E-state index contributed by atoms with van der Waals surface area (Å²) < 4.78 is 0. The number of carboxylic acid groups (broad SMARTS) is 1. The van der Waals surface area contributed by atoms with Gasteiger partial charge in [0.05, 0.1) is 0 Å². The molecule has 3 fully saturated rings. The monoisotopic (exact) mass is 384 g/mol. The third kappa shape index (κ3) is 3.52. The molecule has 0 bridgehead atoms. The quantitative estimate of drug-likeness (QED) is 0.869. The van der Waals surface area contributed by atoms with E-state index in [2.05, 4.69) is 6.07 Å². The van der Waals surface area contributed by atoms with E-state index in [1.54, 1.807) is 4.90 Å². The van der Waals surface area contributed by atoms with Crippen LogP contribution in [-0.4, -0.2) is 58.4 Å². The Hall–Kier alpha value is -2.37. The van der Waals surface area contributed by atoms with Crippen molar-refractivity contribution >= 4 is 17.8 Å². The topological polar surface area (TPSA) is 77.9 Å². The molecule has 4 rings (SSSR count). The molecule has 28 heavy (non-hydrogen) atoms. The lowest BCUT2D eigenvalue weighted by molar-refractivity contribution is -0.148. The first-order chi connectivity index (χ1) is 13.3. The molecular formula is C22H28N2O4. The molecule has 0 radical (unpaired) electrons. The van der Waals surface area contributed by atoms with Gasteiger partial charge in [-0.2, -0.15) is 0 Å². The Morgan fingerprint density at radius 1 is 1.04 bits per heavy atom. The van der Waals surface area contributed by atoms with E-state index in [1.807, 2.05) is 30.9 Å². The molecule has 6 nitrogen and oxygen atoms in total. The first-order valence-electron chi connectivity index (χ1n) is 10.2. The number of benzene rings is 1. The second-order valence-electron chi connectivity index (χ2n) is 8.97. The lowest BCUT2D eigenvalue weighted by Crippen LogP contribution is -2.45. The predicted molar refractivity (Wildman–Crippen MR) is 104 cm³/mol. The fraction of sp³-hybridized carbons (Fsp3) is 0.591. The molecule has 150 valence electrons. The van der Waals surface area contributed by atoms with Crippen LogP contribution >= 0.6 is 0 Å². The number of hydrogen-bond donors (Lipinski definition) is 1. The zero-order valence-electron chi connectivity index (χ0n) is 16.6. The van der Waals surface area contributed by atoms with E-state index in [4.69, 9.17) is 0 Å². The van der Waals surface area contributed by atoms with E-state index >= 15 is 0 Å². The molecule has 2 aliphatic heterocycles. The normalized spacial score (nSPS) is 23.9. The number of amides is 2. The average Bonchev–Trinajstić information content (AvgIpc) is 3.43. The highest BCUT2D eigenvalue weighted by Gasteiger charge is 2.52. The van der Waals surface area contributed by atoms with Crippen LogP contribution in [0.15, 0.2) is 18.2 Å². The van der Waals surface area contributed by atoms with Crippen molar-refractivity contribution in [3.63, 3.8) is 0 Å². The zero-order valence-corrected chi connectivity index (χ0v) is 16.6. The minimum Gasteiger partial charge on any atom is -0.480 e. The van der Waals surface area contributed by atoms with Gasteiger partial charge in [-0.05, 0) is 63.5 Å². The summed E-state index contributed by atoms with van der Waals surface area (Å²) in [4.78, 5) is 40.7. The van der Waals surface area contributed by atoms with Crippen LogP contribution in [-0.2, 0) is 9.59 Å². The summed E-state index contributed by atoms with van der Waals surface area (Å²) >= 11 is 0. The van der Waals surface area contributed by atoms with Crippen LogP contribution in [0, 0.1) is 25.2 Å². The number of carbonyl (C=O) groups is 3. The largest absolute Gasteiger partial charge is 0.480 e. The van der Waals surface area contributed by atoms with Crippen molar-refractivity contribution < 1.29 is 19.5 Å². The summed E-state index contributed by atoms with van der Waals surface area (Å²) in [6.07, 6.45) is 3.77. The van der Waals surface area contributed by atoms with Gasteiger partial charge in [-0.25, -0.2) is 4.79 Å². The fourth-order valence-corrected chi connectivity index (χ4v) is 4.90. The van der Waals surface area contributed by atoms with Gasteiger partial charge in [0, 0.05) is 31.1 Å². The molecular weight excluding hydrogens is 356 g/mol. The number of piperidine rings is 1. The van der Waals surface area contributed by atoms with E-state index < -0.39 is 12.0 Å². The van der Waals surface area contributed by atoms with E-state index in [0.717, 1.165) is 36.8 Å². The van der Waals surface area contributed by atoms with E-state index in [-0.39, 0.29) is 23.1 Å². The number of carbonyl (C=O) groups excluding carboxylic acids is 2. The molecule has 1 spiro atoms. The third-order valence-electron chi connectivity index (χ3n) is 6.58. The zero-order chi connectivity index (χ0) is 20.1. The maximum absolute atomic E-state index is 12.9. The molecule has 2 saturated heterocycles. The first kappa shape index (κ1) is 19.0. The minimum absolute atomic E-state index is 0.0121. The van der Waals surface area contributed by atoms with E-state index in [0.29, 0.717) is 31.6 Å². The summed E-state index contributed by atoms with van der Waals surface area (Å²) in [5.41, 5.74) is 2.69. The number of carboxylic acids is 1. The predicted octanol–water partition coefficient (Wildman–Crippen LogP) is 2.62. The molecule has 1 aliphatic carbocycles. The van der Waals surface area contributed by atoms with Gasteiger partial charge in [-0.15, -0.1) is 0 Å². The highest BCUT2D eigenvalue weighted by Crippen LogP contribution is 2.45. The fourth-order valence-electron chi connectivity index (χ4n) is 4.90. The number of likely N-dealkylation sites (tertiary alicyclic amines) is 2. The van der Waals surface area contributed by atoms with Gasteiger partial charge >= 0.3 is 5.97 Å². The van der Waals surface area contributed by atoms with Crippen molar-refractivity contribution in [2.24, 2.45) is 11.3 Å². The molecule has 1 atom stereocenters. The molecule has 1 unspecified atom stereocenters. The lowest BCUT2D eigenvalue weighted by atomic mass is 9.76. The second-order valence-corrected chi connectivity index (χ2v) is 8.97. The molecule has 0 aromatic heterocycles. The molecule has 1 aromatic carbocycles. The summed E-state index contributed by atoms with van der Waals surface area (Å²) in [5.74, 6) is -0.818. The molecule has 1 saturated carbocycles. The standard InChI is InChI=1S/C22H28N2O4/c1-14-9-15(2)11-17(10-14)19(25)23-7-5-22(6-8-23)12-18(21(27)28)24(13-22)20(26)16-3-4-16/h9-11,16,18H,3-8,12-13H2,1-2H3,(H,27,28). The molecule has 3 aliphatic rings. The van der Waals surface area contributed by atoms with Crippen LogP contribution < -0.4 is 0 Å². The van der Waals surface area contributed by atoms with Crippen molar-refractivity contribution in [3.05, 3.63) is 34.9 Å². The summed E-state index contributed by atoms with van der Waals surface area (Å²) in [7, 11) is 0. The maximum Gasteiger partial charge on any atom is 0.326 e. The lowest BCUT2D eigenvalue weighted by Gasteiger charge is -2.39. The number of rotatable bonds is 3. The van der Waals surface area contributed by atoms with Gasteiger partial charge in [0.1, 0.15) is 6.04 Å². The summed E-state index contributed by atoms with van der Waals surface area (Å²) in [6, 6.07) is 5.19. The van der Waals surface area contributed by atoms with Crippen LogP contribution in [0.1, 0.15) is 53.6 Å². The highest BCUT2D eigenvalue weighted by atomic mass is 16.4. The number of hydrogen-bond acceptors (Lipinski definition) is 3. The van der Waals surface area contributed by atoms with Gasteiger partial charge in [-0.1, -0.05) is 17.2 Å². The number of aryl methyl sites for hydroxylation is 2. The van der Waals surface area contributed by atoms with Gasteiger partial charge in [-0.3, -0.25) is 9.59 Å². The van der Waals surface area contributed by atoms with Crippen LogP contribution in [0.4, 0.5) is 0 Å². The van der Waals surface area contributed by atoms with E-state index in [9.17, 15) is 19.5 Å². The Kier molecular flexibility index (Phi) is 4.68. The van der Waals surface area contributed by atoms with E-state index in [1.165, 1.54) is 0 Å². The van der Waals surface area contributed by atoms with Gasteiger partial charge in [0.25, 0.3) is 5.91 Å². The number of aliphatic carboxylic acids is 1. The van der Waals surface area contributed by atoms with Crippen molar-refractivity contribution in [2.45, 2.75) is 52.0 Å². The van der Waals surface area contributed by atoms with Crippen molar-refractivity contribution in [2.75, 3.05) is 19.6 Å². The first-order valence-corrected chi connectivity index (χ1v) is 10.2. The molecule has 1 aromatic rings. The Balaban J connectivity index is 1.45. The van der Waals surface area contributed by atoms with Gasteiger partial charge < -0.3 is 14.9 Å². The van der Waals surface area contributed by atoms with Crippen molar-refractivity contribution in [1.82, 2.24) is 9.80 Å². The molecule has 6 heteroatoms. The van der Waals surface area contributed by atoms with Crippen LogP contribution in [0.25, 0.3) is 0 Å². The maximum atomic E-state index is 12.9. The SMILES string of the molecule is Cc1cc(C)cc(C(=O)N2CCC3(CC2)CC(C(=O)O)N(C(=O)C2CC2)C3)c1. The molecule has 2 heterocycles.